The topological polar surface area (TPSA) is 119 Å². The highest BCUT2D eigenvalue weighted by Gasteiger charge is 2.34. The Hall–Kier alpha value is -4.05. The molecule has 2 heterocycles. The van der Waals surface area contributed by atoms with Crippen molar-refractivity contribution in [2.24, 2.45) is 0 Å². The van der Waals surface area contributed by atoms with Crippen LogP contribution in [0.3, 0.4) is 0 Å². The molecule has 0 aromatic heterocycles. The Balaban J connectivity index is 1.59. The van der Waals surface area contributed by atoms with Crippen LogP contribution in [-0.2, 0) is 14.3 Å². The number of morpholine rings is 1. The number of hydrogen-bond acceptors (Lipinski definition) is 7. The standard InChI is InChI=1S/C23H21N3O7/c1-15(27)25-18-5-3-2-4-17(18)23(29)20(25)13-16-6-7-21(19(12-16)26(30)31)33-14-22(28)24-8-10-32-11-9-24/h2-7,12-13H,8-11,14H2,1H3/b20-13-. The molecule has 0 saturated carbocycles. The van der Waals surface area contributed by atoms with Gasteiger partial charge in [0.1, 0.15) is 0 Å². The molecule has 2 aromatic rings. The van der Waals surface area contributed by atoms with E-state index in [2.05, 4.69) is 0 Å². The molecule has 0 spiro atoms. The third-order valence-corrected chi connectivity index (χ3v) is 5.38. The number of benzene rings is 2. The van der Waals surface area contributed by atoms with Crippen molar-refractivity contribution in [3.8, 4) is 5.75 Å². The minimum atomic E-state index is -0.621. The van der Waals surface area contributed by atoms with E-state index in [0.29, 0.717) is 43.1 Å². The third-order valence-electron chi connectivity index (χ3n) is 5.38. The minimum Gasteiger partial charge on any atom is -0.477 e. The molecule has 10 nitrogen and oxygen atoms in total. The normalized spacial score (nSPS) is 16.6. The van der Waals surface area contributed by atoms with Crippen molar-refractivity contribution in [1.29, 1.82) is 0 Å². The average molecular weight is 451 g/mol. The number of ketones is 1. The molecule has 0 N–H and O–H groups in total. The Morgan fingerprint density at radius 3 is 2.61 bits per heavy atom. The van der Waals surface area contributed by atoms with Crippen molar-refractivity contribution in [2.45, 2.75) is 6.92 Å². The fraction of sp³-hybridized carbons (Fsp3) is 0.261. The summed E-state index contributed by atoms with van der Waals surface area (Å²) in [5, 5.41) is 11.6. The molecule has 1 saturated heterocycles. The zero-order valence-corrected chi connectivity index (χ0v) is 17.9. The Morgan fingerprint density at radius 1 is 1.18 bits per heavy atom. The van der Waals surface area contributed by atoms with Gasteiger partial charge in [0, 0.05) is 31.6 Å². The molecule has 2 aliphatic heterocycles. The first-order chi connectivity index (χ1) is 15.9. The zero-order chi connectivity index (χ0) is 23.5. The predicted octanol–water partition coefficient (Wildman–Crippen LogP) is 2.42. The van der Waals surface area contributed by atoms with Crippen LogP contribution in [0.15, 0.2) is 48.2 Å². The molecule has 0 aliphatic carbocycles. The number of Topliss-reactive ketones (excluding diaryl/α,β-unsaturated/α-hetero) is 1. The molecule has 1 fully saturated rings. The van der Waals surface area contributed by atoms with Crippen molar-refractivity contribution < 1.29 is 28.8 Å². The summed E-state index contributed by atoms with van der Waals surface area (Å²) in [5.41, 5.74) is 0.953. The van der Waals surface area contributed by atoms with Gasteiger partial charge in [0.15, 0.2) is 12.4 Å². The van der Waals surface area contributed by atoms with E-state index in [9.17, 15) is 24.5 Å². The van der Waals surface area contributed by atoms with Crippen LogP contribution in [-0.4, -0.2) is 60.3 Å². The Morgan fingerprint density at radius 2 is 1.91 bits per heavy atom. The number of fused-ring (bicyclic) bond motifs is 1. The zero-order valence-electron chi connectivity index (χ0n) is 17.9. The highest BCUT2D eigenvalue weighted by molar-refractivity contribution is 6.26. The first-order valence-electron chi connectivity index (χ1n) is 10.3. The number of anilines is 1. The van der Waals surface area contributed by atoms with Crippen LogP contribution < -0.4 is 9.64 Å². The van der Waals surface area contributed by atoms with E-state index in [4.69, 9.17) is 9.47 Å². The number of carbonyl (C=O) groups is 3. The van der Waals surface area contributed by atoms with Crippen LogP contribution >= 0.6 is 0 Å². The van der Waals surface area contributed by atoms with E-state index >= 15 is 0 Å². The van der Waals surface area contributed by atoms with Gasteiger partial charge in [-0.05, 0) is 29.8 Å². The van der Waals surface area contributed by atoms with E-state index in [0.717, 1.165) is 0 Å². The number of carbonyl (C=O) groups excluding carboxylic acids is 3. The third kappa shape index (κ3) is 4.46. The summed E-state index contributed by atoms with van der Waals surface area (Å²) in [7, 11) is 0. The van der Waals surface area contributed by atoms with Gasteiger partial charge in [-0.1, -0.05) is 18.2 Å². The predicted molar refractivity (Wildman–Crippen MR) is 118 cm³/mol. The molecule has 33 heavy (non-hydrogen) atoms. The quantitative estimate of drug-likeness (QED) is 0.389. The summed E-state index contributed by atoms with van der Waals surface area (Å²) in [4.78, 5) is 51.2. The van der Waals surface area contributed by atoms with E-state index in [-0.39, 0.29) is 41.3 Å². The first-order valence-corrected chi connectivity index (χ1v) is 10.3. The van der Waals surface area contributed by atoms with Gasteiger partial charge in [-0.25, -0.2) is 0 Å². The van der Waals surface area contributed by atoms with Gasteiger partial charge >= 0.3 is 5.69 Å². The number of rotatable bonds is 5. The molecule has 2 aliphatic rings. The van der Waals surface area contributed by atoms with Crippen LogP contribution in [0.4, 0.5) is 11.4 Å². The van der Waals surface area contributed by atoms with Crippen molar-refractivity contribution in [1.82, 2.24) is 4.90 Å². The van der Waals surface area contributed by atoms with Crippen LogP contribution in [0.1, 0.15) is 22.8 Å². The van der Waals surface area contributed by atoms with Crippen molar-refractivity contribution in [3.63, 3.8) is 0 Å². The van der Waals surface area contributed by atoms with Crippen molar-refractivity contribution in [2.75, 3.05) is 37.8 Å². The molecule has 0 bridgehead atoms. The fourth-order valence-corrected chi connectivity index (χ4v) is 3.79. The maximum Gasteiger partial charge on any atom is 0.311 e. The Labute approximate surface area is 189 Å². The number of nitro benzene ring substituents is 1. The van der Waals surface area contributed by atoms with E-state index in [1.807, 2.05) is 0 Å². The molecule has 170 valence electrons. The lowest BCUT2D eigenvalue weighted by Crippen LogP contribution is -2.43. The number of amides is 2. The number of allylic oxidation sites excluding steroid dienone is 1. The molecule has 10 heteroatoms. The lowest BCUT2D eigenvalue weighted by atomic mass is 10.1. The van der Waals surface area contributed by atoms with Gasteiger partial charge < -0.3 is 14.4 Å². The second kappa shape index (κ2) is 9.21. The molecular formula is C23H21N3O7. The summed E-state index contributed by atoms with van der Waals surface area (Å²) in [6.45, 7) is 2.77. The lowest BCUT2D eigenvalue weighted by Gasteiger charge is -2.26. The van der Waals surface area contributed by atoms with E-state index in [1.165, 1.54) is 36.1 Å². The van der Waals surface area contributed by atoms with E-state index < -0.39 is 4.92 Å². The van der Waals surface area contributed by atoms with Crippen molar-refractivity contribution in [3.05, 3.63) is 69.4 Å². The summed E-state index contributed by atoms with van der Waals surface area (Å²) in [6, 6.07) is 10.9. The Bertz CT molecular complexity index is 1170. The highest BCUT2D eigenvalue weighted by Crippen LogP contribution is 2.36. The molecule has 2 aromatic carbocycles. The van der Waals surface area contributed by atoms with Crippen LogP contribution in [0.5, 0.6) is 5.75 Å². The number of hydrogen-bond donors (Lipinski definition) is 0. The van der Waals surface area contributed by atoms with Gasteiger partial charge in [-0.15, -0.1) is 0 Å². The maximum atomic E-state index is 12.9. The molecule has 2 amide bonds. The molecule has 4 rings (SSSR count). The number of nitrogens with zero attached hydrogens (tertiary/aromatic N) is 3. The molecule has 0 radical (unpaired) electrons. The van der Waals surface area contributed by atoms with Crippen LogP contribution in [0.25, 0.3) is 6.08 Å². The van der Waals surface area contributed by atoms with Crippen LogP contribution in [0.2, 0.25) is 0 Å². The monoisotopic (exact) mass is 451 g/mol. The second-order valence-electron chi connectivity index (χ2n) is 7.50. The van der Waals surface area contributed by atoms with Gasteiger partial charge in [-0.3, -0.25) is 29.4 Å². The highest BCUT2D eigenvalue weighted by atomic mass is 16.6. The van der Waals surface area contributed by atoms with E-state index in [1.54, 1.807) is 29.2 Å². The SMILES string of the molecule is CC(=O)N1/C(=C\c2ccc(OCC(=O)N3CCOCC3)c([N+](=O)[O-])c2)C(=O)c2ccccc21. The summed E-state index contributed by atoms with van der Waals surface area (Å²) in [5.74, 6) is -1.05. The van der Waals surface area contributed by atoms with Gasteiger partial charge in [0.2, 0.25) is 11.7 Å². The average Bonchev–Trinajstić information content (AvgIpc) is 3.10. The maximum absolute atomic E-state index is 12.9. The number of nitro groups is 1. The number of ether oxygens (including phenoxy) is 2. The fourth-order valence-electron chi connectivity index (χ4n) is 3.79. The summed E-state index contributed by atoms with van der Waals surface area (Å²) < 4.78 is 10.6. The lowest BCUT2D eigenvalue weighted by molar-refractivity contribution is -0.385. The summed E-state index contributed by atoms with van der Waals surface area (Å²) >= 11 is 0. The molecule has 0 atom stereocenters. The van der Waals surface area contributed by atoms with Crippen LogP contribution in [0, 0.1) is 10.1 Å². The van der Waals surface area contributed by atoms with Gasteiger partial charge in [0.25, 0.3) is 5.91 Å². The smallest absolute Gasteiger partial charge is 0.311 e. The largest absolute Gasteiger partial charge is 0.477 e. The minimum absolute atomic E-state index is 0.0618. The Kier molecular flexibility index (Phi) is 6.18. The summed E-state index contributed by atoms with van der Waals surface area (Å²) in [6.07, 6.45) is 1.43. The van der Waals surface area contributed by atoms with Crippen molar-refractivity contribution >= 4 is 35.0 Å². The molecular weight excluding hydrogens is 430 g/mol. The van der Waals surface area contributed by atoms with Gasteiger partial charge in [0.05, 0.1) is 29.5 Å². The second-order valence-corrected chi connectivity index (χ2v) is 7.50. The first kappa shape index (κ1) is 22.2. The van der Waals surface area contributed by atoms with Gasteiger partial charge in [-0.2, -0.15) is 0 Å². The number of para-hydroxylation sites is 1. The molecule has 0 unspecified atom stereocenters.